The minimum atomic E-state index is -0.110. The van der Waals surface area contributed by atoms with Gasteiger partial charge in [0.15, 0.2) is 0 Å². The lowest BCUT2D eigenvalue weighted by atomic mass is 9.93. The highest BCUT2D eigenvalue weighted by Gasteiger charge is 2.07. The molecule has 0 saturated carbocycles. The maximum atomic E-state index is 12.2. The first-order valence-electron chi connectivity index (χ1n) is 6.25. The second-order valence-corrected chi connectivity index (χ2v) is 5.41. The summed E-state index contributed by atoms with van der Waals surface area (Å²) in [7, 11) is 5.73. The molecule has 20 heavy (non-hydrogen) atoms. The summed E-state index contributed by atoms with van der Waals surface area (Å²) in [5.74, 6) is 0. The molecule has 0 saturated heterocycles. The predicted molar refractivity (Wildman–Crippen MR) is 87.2 cm³/mol. The minimum absolute atomic E-state index is 0.110. The van der Waals surface area contributed by atoms with Crippen LogP contribution in [0.3, 0.4) is 0 Å². The Labute approximate surface area is 122 Å². The monoisotopic (exact) mass is 277 g/mol. The highest BCUT2D eigenvalue weighted by atomic mass is 32.2. The Morgan fingerprint density at radius 3 is 2.70 bits per heavy atom. The number of nitrogens with one attached hydrogen (secondary N) is 1. The Morgan fingerprint density at radius 2 is 1.90 bits per heavy atom. The molecule has 0 atom stereocenters. The molecule has 1 heterocycles. The third-order valence-corrected chi connectivity index (χ3v) is 4.06. The zero-order valence-electron chi connectivity index (χ0n) is 11.0. The van der Waals surface area contributed by atoms with Crippen molar-refractivity contribution in [2.24, 2.45) is 0 Å². The molecule has 0 aliphatic rings. The number of aromatic nitrogens is 1. The quantitative estimate of drug-likeness (QED) is 0.577. The molecule has 0 spiro atoms. The van der Waals surface area contributed by atoms with Gasteiger partial charge in [-0.3, -0.25) is 4.79 Å². The van der Waals surface area contributed by atoms with Crippen LogP contribution in [0.2, 0.25) is 0 Å². The lowest BCUT2D eigenvalue weighted by Crippen LogP contribution is -2.11. The van der Waals surface area contributed by atoms with Gasteiger partial charge in [-0.2, -0.15) is 0 Å². The summed E-state index contributed by atoms with van der Waals surface area (Å²) >= 11 is 1.66. The summed E-state index contributed by atoms with van der Waals surface area (Å²) in [6.07, 6.45) is 2.03. The number of hydrogen-bond acceptors (Lipinski definition) is 2. The van der Waals surface area contributed by atoms with Gasteiger partial charge in [0.2, 0.25) is 0 Å². The van der Waals surface area contributed by atoms with Crippen LogP contribution in [0.15, 0.2) is 58.2 Å². The summed E-state index contributed by atoms with van der Waals surface area (Å²) in [4.78, 5) is 16.3. The van der Waals surface area contributed by atoms with Crippen molar-refractivity contribution < 1.29 is 0 Å². The molecule has 3 rings (SSSR count). The van der Waals surface area contributed by atoms with Crippen molar-refractivity contribution in [2.75, 3.05) is 6.26 Å². The van der Waals surface area contributed by atoms with E-state index in [2.05, 4.69) is 4.98 Å². The summed E-state index contributed by atoms with van der Waals surface area (Å²) in [5.41, 5.74) is 2.36. The van der Waals surface area contributed by atoms with E-state index in [9.17, 15) is 4.79 Å². The predicted octanol–water partition coefficient (Wildman–Crippen LogP) is 2.71. The molecule has 0 aliphatic heterocycles. The number of fused-ring (bicyclic) bond motifs is 1. The Morgan fingerprint density at radius 1 is 1.10 bits per heavy atom. The van der Waals surface area contributed by atoms with Gasteiger partial charge >= 0.3 is 0 Å². The largest absolute Gasteiger partial charge is 0.321 e. The number of benzene rings is 2. The van der Waals surface area contributed by atoms with Crippen LogP contribution in [0.4, 0.5) is 0 Å². The van der Waals surface area contributed by atoms with Gasteiger partial charge in [-0.05, 0) is 23.8 Å². The second kappa shape index (κ2) is 5.21. The van der Waals surface area contributed by atoms with Gasteiger partial charge < -0.3 is 4.98 Å². The van der Waals surface area contributed by atoms with Gasteiger partial charge in [0.1, 0.15) is 7.85 Å². The van der Waals surface area contributed by atoms with Crippen molar-refractivity contribution in [1.29, 1.82) is 0 Å². The molecule has 0 aliphatic carbocycles. The molecule has 1 aromatic heterocycles. The Hall–Kier alpha value is -1.94. The molecule has 2 nitrogen and oxygen atoms in total. The van der Waals surface area contributed by atoms with Gasteiger partial charge in [-0.1, -0.05) is 41.9 Å². The number of rotatable bonds is 2. The van der Waals surface area contributed by atoms with Gasteiger partial charge in [-0.15, -0.1) is 11.8 Å². The fourth-order valence-corrected chi connectivity index (χ4v) is 2.90. The molecule has 3 aromatic rings. The number of hydrogen-bond donors (Lipinski definition) is 1. The number of thioether (sulfide) groups is 1. The average Bonchev–Trinajstić information content (AvgIpc) is 2.47. The molecular weight excluding hydrogens is 265 g/mol. The van der Waals surface area contributed by atoms with Crippen molar-refractivity contribution in [3.8, 4) is 11.3 Å². The van der Waals surface area contributed by atoms with E-state index in [-0.39, 0.29) is 5.56 Å². The fourth-order valence-electron chi connectivity index (χ4n) is 2.29. The van der Waals surface area contributed by atoms with E-state index < -0.39 is 0 Å². The Balaban J connectivity index is 2.28. The van der Waals surface area contributed by atoms with E-state index in [1.54, 1.807) is 17.8 Å². The zero-order valence-corrected chi connectivity index (χ0v) is 11.8. The van der Waals surface area contributed by atoms with Crippen LogP contribution in [0.1, 0.15) is 0 Å². The van der Waals surface area contributed by atoms with Crippen molar-refractivity contribution in [2.45, 2.75) is 4.90 Å². The first-order valence-corrected chi connectivity index (χ1v) is 7.47. The van der Waals surface area contributed by atoms with Crippen LogP contribution < -0.4 is 11.0 Å². The maximum Gasteiger partial charge on any atom is 0.256 e. The molecule has 1 N–H and O–H groups in total. The van der Waals surface area contributed by atoms with Crippen LogP contribution in [-0.4, -0.2) is 19.1 Å². The third-order valence-electron chi connectivity index (χ3n) is 3.27. The van der Waals surface area contributed by atoms with Gasteiger partial charge in [0.25, 0.3) is 5.56 Å². The summed E-state index contributed by atoms with van der Waals surface area (Å²) in [6.45, 7) is 0. The van der Waals surface area contributed by atoms with E-state index in [1.165, 1.54) is 0 Å². The highest BCUT2D eigenvalue weighted by molar-refractivity contribution is 7.98. The van der Waals surface area contributed by atoms with E-state index in [1.807, 2.05) is 48.7 Å². The topological polar surface area (TPSA) is 32.9 Å². The summed E-state index contributed by atoms with van der Waals surface area (Å²) in [5, 5.41) is 1.52. The number of pyridine rings is 1. The van der Waals surface area contributed by atoms with Crippen LogP contribution >= 0.6 is 11.8 Å². The average molecular weight is 277 g/mol. The lowest BCUT2D eigenvalue weighted by molar-refractivity contribution is 1.26. The van der Waals surface area contributed by atoms with E-state index >= 15 is 0 Å². The summed E-state index contributed by atoms with van der Waals surface area (Å²) in [6, 6.07) is 15.4. The minimum Gasteiger partial charge on any atom is -0.321 e. The Bertz CT molecular complexity index is 841. The zero-order chi connectivity index (χ0) is 14.1. The van der Waals surface area contributed by atoms with Gasteiger partial charge in [0.05, 0.1) is 5.69 Å². The standard InChI is InChI=1S/C16H12BNOS/c1-20-15-5-3-2-4-12(15)14-8-10-6-7-11(17)9-13(10)16(19)18-14/h2-9H,1H3,(H,18,19). The van der Waals surface area contributed by atoms with Crippen molar-refractivity contribution in [3.63, 3.8) is 0 Å². The molecule has 2 aromatic carbocycles. The molecule has 0 amide bonds. The third kappa shape index (κ3) is 2.27. The Kier molecular flexibility index (Phi) is 3.41. The molecule has 0 unspecified atom stereocenters. The van der Waals surface area contributed by atoms with Crippen molar-refractivity contribution in [3.05, 3.63) is 58.9 Å². The van der Waals surface area contributed by atoms with Gasteiger partial charge in [0, 0.05) is 15.8 Å². The van der Waals surface area contributed by atoms with Crippen LogP contribution in [0, 0.1) is 0 Å². The molecular formula is C16H12BNOS. The first-order chi connectivity index (χ1) is 9.69. The lowest BCUT2D eigenvalue weighted by Gasteiger charge is -2.08. The number of aromatic amines is 1. The van der Waals surface area contributed by atoms with E-state index in [4.69, 9.17) is 7.85 Å². The highest BCUT2D eigenvalue weighted by Crippen LogP contribution is 2.29. The summed E-state index contributed by atoms with van der Waals surface area (Å²) < 4.78 is 0. The van der Waals surface area contributed by atoms with Crippen LogP contribution in [0.25, 0.3) is 22.0 Å². The van der Waals surface area contributed by atoms with Crippen LogP contribution in [0.5, 0.6) is 0 Å². The van der Waals surface area contributed by atoms with E-state index in [0.717, 1.165) is 21.5 Å². The first kappa shape index (κ1) is 13.1. The maximum absolute atomic E-state index is 12.2. The van der Waals surface area contributed by atoms with E-state index in [0.29, 0.717) is 10.8 Å². The smallest absolute Gasteiger partial charge is 0.256 e. The molecule has 0 bridgehead atoms. The fraction of sp³-hybridized carbons (Fsp3) is 0.0625. The molecule has 0 fully saturated rings. The number of H-pyrrole nitrogens is 1. The van der Waals surface area contributed by atoms with Crippen molar-refractivity contribution in [1.82, 2.24) is 4.98 Å². The van der Waals surface area contributed by atoms with Crippen LogP contribution in [-0.2, 0) is 0 Å². The van der Waals surface area contributed by atoms with Crippen molar-refractivity contribution >= 4 is 35.8 Å². The van der Waals surface area contributed by atoms with Gasteiger partial charge in [-0.25, -0.2) is 0 Å². The SMILES string of the molecule is [B]c1ccc2cc(-c3ccccc3SC)[nH]c(=O)c2c1. The molecule has 96 valence electrons. The second-order valence-electron chi connectivity index (χ2n) is 4.56. The normalized spacial score (nSPS) is 10.8. The molecule has 4 heteroatoms. The molecule has 2 radical (unpaired) electrons.